The highest BCUT2D eigenvalue weighted by molar-refractivity contribution is 7.94. The fraction of sp³-hybridized carbons (Fsp3) is 0.154. The van der Waals surface area contributed by atoms with Crippen molar-refractivity contribution in [1.29, 1.82) is 0 Å². The monoisotopic (exact) mass is 232 g/mol. The third-order valence-corrected chi connectivity index (χ3v) is 3.02. The van der Waals surface area contributed by atoms with Crippen LogP contribution >= 0.6 is 12.0 Å². The van der Waals surface area contributed by atoms with E-state index in [1.54, 1.807) is 0 Å². The highest BCUT2D eigenvalue weighted by atomic mass is 32.2. The highest BCUT2D eigenvalue weighted by Gasteiger charge is 1.99. The second-order valence-electron chi connectivity index (χ2n) is 3.52. The van der Waals surface area contributed by atoms with Crippen LogP contribution in [0.5, 0.6) is 0 Å². The molecule has 0 aliphatic heterocycles. The lowest BCUT2D eigenvalue weighted by Gasteiger charge is -2.02. The highest BCUT2D eigenvalue weighted by Crippen LogP contribution is 2.19. The van der Waals surface area contributed by atoms with E-state index in [1.165, 1.54) is 29.7 Å². The number of carbonyl (C=O) groups excluding carboxylic acids is 1. The number of carbonyl (C=O) groups is 1. The van der Waals surface area contributed by atoms with E-state index in [1.807, 2.05) is 12.1 Å². The van der Waals surface area contributed by atoms with Gasteiger partial charge in [0.05, 0.1) is 17.8 Å². The molecule has 2 aromatic rings. The third kappa shape index (κ3) is 2.76. The van der Waals surface area contributed by atoms with E-state index in [9.17, 15) is 4.79 Å². The average molecular weight is 232 g/mol. The van der Waals surface area contributed by atoms with Crippen molar-refractivity contribution >= 4 is 28.8 Å². The second kappa shape index (κ2) is 5.03. The van der Waals surface area contributed by atoms with E-state index < -0.39 is 0 Å². The van der Waals surface area contributed by atoms with Crippen molar-refractivity contribution in [3.05, 3.63) is 48.0 Å². The summed E-state index contributed by atoms with van der Waals surface area (Å²) in [4.78, 5) is 10.6. The van der Waals surface area contributed by atoms with Crippen molar-refractivity contribution in [2.75, 3.05) is 0 Å². The molecule has 0 fully saturated rings. The van der Waals surface area contributed by atoms with E-state index in [0.29, 0.717) is 5.75 Å². The van der Waals surface area contributed by atoms with Gasteiger partial charge in [-0.2, -0.15) is 0 Å². The number of rotatable bonds is 3. The average Bonchev–Trinajstić information content (AvgIpc) is 2.28. The molecule has 0 bridgehead atoms. The van der Waals surface area contributed by atoms with Crippen LogP contribution in [-0.4, -0.2) is 5.97 Å². The van der Waals surface area contributed by atoms with Gasteiger partial charge in [0, 0.05) is 6.92 Å². The molecule has 0 aliphatic carbocycles. The molecule has 0 unspecified atom stereocenters. The first-order valence-electron chi connectivity index (χ1n) is 5.03. The second-order valence-corrected chi connectivity index (χ2v) is 4.21. The lowest BCUT2D eigenvalue weighted by atomic mass is 10.1. The van der Waals surface area contributed by atoms with Crippen LogP contribution in [0.4, 0.5) is 0 Å². The van der Waals surface area contributed by atoms with Gasteiger partial charge in [0.2, 0.25) is 0 Å². The zero-order valence-electron chi connectivity index (χ0n) is 8.97. The number of fused-ring (bicyclic) bond motifs is 1. The van der Waals surface area contributed by atoms with Gasteiger partial charge in [-0.15, -0.1) is 0 Å². The van der Waals surface area contributed by atoms with E-state index in [0.717, 1.165) is 5.56 Å². The molecule has 0 N–H and O–H groups in total. The fourth-order valence-electron chi connectivity index (χ4n) is 1.51. The molecule has 0 saturated heterocycles. The van der Waals surface area contributed by atoms with E-state index in [-0.39, 0.29) is 5.97 Å². The number of benzene rings is 2. The first-order chi connectivity index (χ1) is 7.75. The molecular formula is C13H12O2S. The van der Waals surface area contributed by atoms with Crippen LogP contribution < -0.4 is 0 Å². The Kier molecular flexibility index (Phi) is 3.47. The quantitative estimate of drug-likeness (QED) is 0.757. The molecule has 0 heterocycles. The smallest absolute Gasteiger partial charge is 0.314 e. The van der Waals surface area contributed by atoms with Crippen molar-refractivity contribution in [1.82, 2.24) is 0 Å². The molecule has 2 nitrogen and oxygen atoms in total. The molecule has 0 amide bonds. The lowest BCUT2D eigenvalue weighted by molar-refractivity contribution is -0.130. The Morgan fingerprint density at radius 3 is 2.69 bits per heavy atom. The van der Waals surface area contributed by atoms with E-state index in [2.05, 4.69) is 30.3 Å². The van der Waals surface area contributed by atoms with Crippen molar-refractivity contribution in [3.63, 3.8) is 0 Å². The van der Waals surface area contributed by atoms with Crippen LogP contribution in [-0.2, 0) is 14.7 Å². The normalized spacial score (nSPS) is 10.3. The van der Waals surface area contributed by atoms with Crippen LogP contribution in [0.25, 0.3) is 10.8 Å². The van der Waals surface area contributed by atoms with Crippen LogP contribution in [0, 0.1) is 0 Å². The zero-order chi connectivity index (χ0) is 11.4. The summed E-state index contributed by atoms with van der Waals surface area (Å²) in [6.45, 7) is 1.41. The molecule has 2 aromatic carbocycles. The summed E-state index contributed by atoms with van der Waals surface area (Å²) in [5.74, 6) is 0.426. The van der Waals surface area contributed by atoms with Gasteiger partial charge >= 0.3 is 5.97 Å². The molecule has 0 atom stereocenters. The predicted molar refractivity (Wildman–Crippen MR) is 67.0 cm³/mol. The molecule has 0 radical (unpaired) electrons. The maximum absolute atomic E-state index is 10.6. The Labute approximate surface area is 98.8 Å². The van der Waals surface area contributed by atoms with Gasteiger partial charge in [-0.25, -0.2) is 0 Å². The van der Waals surface area contributed by atoms with Crippen molar-refractivity contribution in [2.24, 2.45) is 0 Å². The lowest BCUT2D eigenvalue weighted by Crippen LogP contribution is -1.90. The molecule has 0 aromatic heterocycles. The summed E-state index contributed by atoms with van der Waals surface area (Å²) in [5.41, 5.74) is 1.16. The first-order valence-corrected chi connectivity index (χ1v) is 5.94. The molecule has 0 spiro atoms. The summed E-state index contributed by atoms with van der Waals surface area (Å²) in [7, 11) is 0. The van der Waals surface area contributed by atoms with Gasteiger partial charge in [0.15, 0.2) is 0 Å². The van der Waals surface area contributed by atoms with Crippen LogP contribution in [0.2, 0.25) is 0 Å². The Bertz CT molecular complexity index is 508. The van der Waals surface area contributed by atoms with Crippen LogP contribution in [0.3, 0.4) is 0 Å². The van der Waals surface area contributed by atoms with Crippen molar-refractivity contribution in [3.8, 4) is 0 Å². The minimum atomic E-state index is -0.259. The summed E-state index contributed by atoms with van der Waals surface area (Å²) in [6.07, 6.45) is 0. The predicted octanol–water partition coefficient (Wildman–Crippen LogP) is 3.55. The van der Waals surface area contributed by atoms with Gasteiger partial charge in [-0.3, -0.25) is 4.79 Å². The van der Waals surface area contributed by atoms with E-state index >= 15 is 0 Å². The summed E-state index contributed by atoms with van der Waals surface area (Å²) in [5, 5.41) is 2.44. The molecule has 16 heavy (non-hydrogen) atoms. The molecule has 0 aliphatic rings. The molecular weight excluding hydrogens is 220 g/mol. The maximum Gasteiger partial charge on any atom is 0.314 e. The minimum absolute atomic E-state index is 0.259. The summed E-state index contributed by atoms with van der Waals surface area (Å²) < 4.78 is 4.84. The SMILES string of the molecule is CC(=O)OSCc1ccc2ccccc2c1. The van der Waals surface area contributed by atoms with Crippen molar-refractivity contribution in [2.45, 2.75) is 12.7 Å². The maximum atomic E-state index is 10.6. The Balaban J connectivity index is 2.10. The first kappa shape index (κ1) is 11.0. The topological polar surface area (TPSA) is 26.3 Å². The zero-order valence-corrected chi connectivity index (χ0v) is 9.79. The molecule has 3 heteroatoms. The molecule has 0 saturated carbocycles. The fourth-order valence-corrected chi connectivity index (χ4v) is 2.05. The van der Waals surface area contributed by atoms with Gasteiger partial charge in [0.1, 0.15) is 0 Å². The Morgan fingerprint density at radius 2 is 1.94 bits per heavy atom. The number of hydrogen-bond donors (Lipinski definition) is 0. The van der Waals surface area contributed by atoms with Crippen LogP contribution in [0.15, 0.2) is 42.5 Å². The van der Waals surface area contributed by atoms with E-state index in [4.69, 9.17) is 4.18 Å². The Morgan fingerprint density at radius 1 is 1.19 bits per heavy atom. The molecule has 82 valence electrons. The van der Waals surface area contributed by atoms with Gasteiger partial charge in [-0.1, -0.05) is 42.5 Å². The van der Waals surface area contributed by atoms with Gasteiger partial charge in [-0.05, 0) is 16.3 Å². The van der Waals surface area contributed by atoms with Crippen molar-refractivity contribution < 1.29 is 8.98 Å². The standard InChI is InChI=1S/C13H12O2S/c1-10(14)15-16-9-11-6-7-12-4-2-3-5-13(12)8-11/h2-8H,9H2,1H3. The largest absolute Gasteiger partial charge is 0.391 e. The Hall–Kier alpha value is -1.48. The van der Waals surface area contributed by atoms with Crippen LogP contribution in [0.1, 0.15) is 12.5 Å². The molecule has 2 rings (SSSR count). The summed E-state index contributed by atoms with van der Waals surface area (Å²) >= 11 is 1.17. The number of hydrogen-bond acceptors (Lipinski definition) is 3. The summed E-state index contributed by atoms with van der Waals surface area (Å²) in [6, 6.07) is 14.5. The van der Waals surface area contributed by atoms with Gasteiger partial charge in [0.25, 0.3) is 0 Å². The minimum Gasteiger partial charge on any atom is -0.391 e. The third-order valence-electron chi connectivity index (χ3n) is 2.22. The van der Waals surface area contributed by atoms with Gasteiger partial charge < -0.3 is 4.18 Å².